The highest BCUT2D eigenvalue weighted by atomic mass is 79.9. The Morgan fingerprint density at radius 2 is 2.13 bits per heavy atom. The van der Waals surface area contributed by atoms with Gasteiger partial charge >= 0.3 is 0 Å². The molecule has 0 aliphatic carbocycles. The van der Waals surface area contributed by atoms with Gasteiger partial charge < -0.3 is 5.32 Å². The Morgan fingerprint density at radius 3 is 2.73 bits per heavy atom. The zero-order valence-electron chi connectivity index (χ0n) is 9.55. The molecule has 0 aliphatic rings. The van der Waals surface area contributed by atoms with E-state index in [4.69, 9.17) is 0 Å². The highest BCUT2D eigenvalue weighted by Crippen LogP contribution is 2.21. The van der Waals surface area contributed by atoms with Crippen molar-refractivity contribution in [3.63, 3.8) is 0 Å². The molecule has 0 saturated heterocycles. The Hall–Kier alpha value is 0.140. The van der Waals surface area contributed by atoms with Crippen molar-refractivity contribution in [1.82, 2.24) is 5.32 Å². The maximum atomic E-state index is 3.49. The zero-order valence-corrected chi connectivity index (χ0v) is 12.0. The quantitative estimate of drug-likeness (QED) is 0.746. The summed E-state index contributed by atoms with van der Waals surface area (Å²) >= 11 is 5.31. The van der Waals surface area contributed by atoms with E-state index in [1.807, 2.05) is 11.3 Å². The van der Waals surface area contributed by atoms with Crippen LogP contribution < -0.4 is 5.32 Å². The number of thiophene rings is 1. The second-order valence-corrected chi connectivity index (χ2v) is 6.79. The lowest BCUT2D eigenvalue weighted by atomic mass is 10.1. The van der Waals surface area contributed by atoms with Crippen molar-refractivity contribution in [2.75, 3.05) is 13.1 Å². The minimum absolute atomic E-state index is 0.833. The number of rotatable bonds is 7. The molecule has 0 aliphatic heterocycles. The third-order valence-corrected chi connectivity index (χ3v) is 4.00. The summed E-state index contributed by atoms with van der Waals surface area (Å²) < 4.78 is 1.23. The molecule has 0 bridgehead atoms. The molecule has 0 fully saturated rings. The van der Waals surface area contributed by atoms with Crippen LogP contribution in [-0.4, -0.2) is 13.1 Å². The second kappa shape index (κ2) is 7.42. The van der Waals surface area contributed by atoms with Crippen molar-refractivity contribution in [2.45, 2.75) is 33.1 Å². The Balaban J connectivity index is 1.98. The molecule has 0 atom stereocenters. The van der Waals surface area contributed by atoms with Crippen LogP contribution in [0.5, 0.6) is 0 Å². The SMILES string of the molecule is CC(C)CCCNCCc1ccc(Br)s1. The summed E-state index contributed by atoms with van der Waals surface area (Å²) in [5.74, 6) is 0.833. The molecule has 15 heavy (non-hydrogen) atoms. The number of hydrogen-bond acceptors (Lipinski definition) is 2. The highest BCUT2D eigenvalue weighted by molar-refractivity contribution is 9.11. The Morgan fingerprint density at radius 1 is 1.33 bits per heavy atom. The van der Waals surface area contributed by atoms with Crippen LogP contribution >= 0.6 is 27.3 Å². The van der Waals surface area contributed by atoms with E-state index in [1.54, 1.807) is 0 Å². The molecule has 0 unspecified atom stereocenters. The van der Waals surface area contributed by atoms with Gasteiger partial charge in [0.1, 0.15) is 0 Å². The lowest BCUT2D eigenvalue weighted by Crippen LogP contribution is -2.18. The third-order valence-electron chi connectivity index (χ3n) is 2.31. The normalized spacial score (nSPS) is 11.2. The van der Waals surface area contributed by atoms with Crippen LogP contribution in [0.2, 0.25) is 0 Å². The van der Waals surface area contributed by atoms with Gasteiger partial charge in [-0.3, -0.25) is 0 Å². The molecule has 0 saturated carbocycles. The molecule has 1 aromatic heterocycles. The molecule has 0 radical (unpaired) electrons. The van der Waals surface area contributed by atoms with Gasteiger partial charge in [0.2, 0.25) is 0 Å². The van der Waals surface area contributed by atoms with E-state index in [1.165, 1.54) is 21.5 Å². The summed E-state index contributed by atoms with van der Waals surface area (Å²) in [4.78, 5) is 1.46. The molecular weight excluding hydrogens is 270 g/mol. The lowest BCUT2D eigenvalue weighted by Gasteiger charge is -2.05. The fourth-order valence-corrected chi connectivity index (χ4v) is 2.94. The largest absolute Gasteiger partial charge is 0.316 e. The first-order valence-corrected chi connectivity index (χ1v) is 7.24. The molecule has 0 spiro atoms. The van der Waals surface area contributed by atoms with Crippen LogP contribution in [0.15, 0.2) is 15.9 Å². The predicted octanol–water partition coefficient (Wildman–Crippen LogP) is 4.08. The van der Waals surface area contributed by atoms with E-state index in [0.29, 0.717) is 0 Å². The van der Waals surface area contributed by atoms with Crippen molar-refractivity contribution >= 4 is 27.3 Å². The Bertz CT molecular complexity index is 270. The van der Waals surface area contributed by atoms with Gasteiger partial charge in [0.25, 0.3) is 0 Å². The van der Waals surface area contributed by atoms with Crippen LogP contribution in [0, 0.1) is 5.92 Å². The lowest BCUT2D eigenvalue weighted by molar-refractivity contribution is 0.529. The van der Waals surface area contributed by atoms with Gasteiger partial charge in [0.05, 0.1) is 3.79 Å². The maximum absolute atomic E-state index is 3.49. The fourth-order valence-electron chi connectivity index (χ4n) is 1.46. The van der Waals surface area contributed by atoms with Crippen LogP contribution in [-0.2, 0) is 6.42 Å². The van der Waals surface area contributed by atoms with Gasteiger partial charge in [-0.25, -0.2) is 0 Å². The predicted molar refractivity (Wildman–Crippen MR) is 72.7 cm³/mol. The van der Waals surface area contributed by atoms with Crippen molar-refractivity contribution in [3.05, 3.63) is 20.8 Å². The average molecular weight is 290 g/mol. The molecule has 1 N–H and O–H groups in total. The van der Waals surface area contributed by atoms with Gasteiger partial charge in [-0.1, -0.05) is 13.8 Å². The first-order valence-electron chi connectivity index (χ1n) is 5.63. The molecular formula is C12H20BrNS. The number of nitrogens with one attached hydrogen (secondary N) is 1. The van der Waals surface area contributed by atoms with E-state index in [-0.39, 0.29) is 0 Å². The van der Waals surface area contributed by atoms with Gasteiger partial charge in [-0.2, -0.15) is 0 Å². The maximum Gasteiger partial charge on any atom is 0.0701 e. The third kappa shape index (κ3) is 6.33. The fraction of sp³-hybridized carbons (Fsp3) is 0.667. The standard InChI is InChI=1S/C12H20BrNS/c1-10(2)4-3-8-14-9-7-11-5-6-12(13)15-11/h5-6,10,14H,3-4,7-9H2,1-2H3. The highest BCUT2D eigenvalue weighted by Gasteiger charge is 1.97. The van der Waals surface area contributed by atoms with E-state index >= 15 is 0 Å². The summed E-state index contributed by atoms with van der Waals surface area (Å²) in [6.07, 6.45) is 3.78. The molecule has 0 aromatic carbocycles. The number of halogens is 1. The minimum Gasteiger partial charge on any atom is -0.316 e. The summed E-state index contributed by atoms with van der Waals surface area (Å²) in [6.45, 7) is 6.82. The average Bonchev–Trinajstić information content (AvgIpc) is 2.57. The summed E-state index contributed by atoms with van der Waals surface area (Å²) in [6, 6.07) is 4.32. The van der Waals surface area contributed by atoms with Gasteiger partial charge in [-0.05, 0) is 66.3 Å². The zero-order chi connectivity index (χ0) is 11.1. The van der Waals surface area contributed by atoms with E-state index in [9.17, 15) is 0 Å². The van der Waals surface area contributed by atoms with Crippen LogP contribution in [0.1, 0.15) is 31.6 Å². The molecule has 1 aromatic rings. The van der Waals surface area contributed by atoms with Crippen LogP contribution in [0.25, 0.3) is 0 Å². The van der Waals surface area contributed by atoms with E-state index in [2.05, 4.69) is 47.2 Å². The van der Waals surface area contributed by atoms with Gasteiger partial charge in [0, 0.05) is 4.88 Å². The molecule has 1 nitrogen and oxygen atoms in total. The Labute approximate surface area is 105 Å². The van der Waals surface area contributed by atoms with Crippen molar-refractivity contribution < 1.29 is 0 Å². The topological polar surface area (TPSA) is 12.0 Å². The minimum atomic E-state index is 0.833. The van der Waals surface area contributed by atoms with Crippen molar-refractivity contribution in [1.29, 1.82) is 0 Å². The summed E-state index contributed by atoms with van der Waals surface area (Å²) in [5.41, 5.74) is 0. The Kier molecular flexibility index (Phi) is 6.53. The summed E-state index contributed by atoms with van der Waals surface area (Å²) in [7, 11) is 0. The first-order chi connectivity index (χ1) is 7.18. The van der Waals surface area contributed by atoms with Crippen LogP contribution in [0.4, 0.5) is 0 Å². The van der Waals surface area contributed by atoms with E-state index < -0.39 is 0 Å². The van der Waals surface area contributed by atoms with Crippen LogP contribution in [0.3, 0.4) is 0 Å². The molecule has 86 valence electrons. The van der Waals surface area contributed by atoms with Gasteiger partial charge in [-0.15, -0.1) is 11.3 Å². The molecule has 3 heteroatoms. The summed E-state index contributed by atoms with van der Waals surface area (Å²) in [5, 5.41) is 3.49. The number of hydrogen-bond donors (Lipinski definition) is 1. The van der Waals surface area contributed by atoms with E-state index in [0.717, 1.165) is 25.4 Å². The molecule has 1 rings (SSSR count). The second-order valence-electron chi connectivity index (χ2n) is 4.24. The monoisotopic (exact) mass is 289 g/mol. The molecule has 0 amide bonds. The van der Waals surface area contributed by atoms with Crippen molar-refractivity contribution in [2.24, 2.45) is 5.92 Å². The first kappa shape index (κ1) is 13.2. The smallest absolute Gasteiger partial charge is 0.0701 e. The van der Waals surface area contributed by atoms with Gasteiger partial charge in [0.15, 0.2) is 0 Å². The van der Waals surface area contributed by atoms with Crippen molar-refractivity contribution in [3.8, 4) is 0 Å². The molecule has 1 heterocycles.